The van der Waals surface area contributed by atoms with Gasteiger partial charge >= 0.3 is 0 Å². The largest absolute Gasteiger partial charge is 0.326 e. The number of aryl methyl sites for hydroxylation is 2. The van der Waals surface area contributed by atoms with Crippen molar-refractivity contribution in [3.8, 4) is 0 Å². The van der Waals surface area contributed by atoms with Gasteiger partial charge in [-0.3, -0.25) is 0 Å². The molecule has 2 rings (SSSR count). The van der Waals surface area contributed by atoms with E-state index in [4.69, 9.17) is 5.73 Å². The Balaban J connectivity index is 2.32. The van der Waals surface area contributed by atoms with Crippen LogP contribution in [0.1, 0.15) is 42.9 Å². The highest BCUT2D eigenvalue weighted by Crippen LogP contribution is 2.29. The van der Waals surface area contributed by atoms with Crippen LogP contribution in [-0.2, 0) is 16.6 Å². The first-order valence-electron chi connectivity index (χ1n) is 7.70. The van der Waals surface area contributed by atoms with Gasteiger partial charge in [0.25, 0.3) is 0 Å². The highest BCUT2D eigenvalue weighted by Gasteiger charge is 2.33. The van der Waals surface area contributed by atoms with Gasteiger partial charge in [-0.1, -0.05) is 19.4 Å². The number of rotatable bonds is 5. The van der Waals surface area contributed by atoms with Gasteiger partial charge in [0.05, 0.1) is 4.90 Å². The SMILES string of the molecule is CCCC1CCN(S(=O)(=O)c2cc(CN)c(C)cc2C)C1. The van der Waals surface area contributed by atoms with E-state index in [1.54, 1.807) is 10.4 Å². The van der Waals surface area contributed by atoms with Gasteiger partial charge in [0.15, 0.2) is 0 Å². The minimum absolute atomic E-state index is 0.368. The molecule has 0 spiro atoms. The molecule has 118 valence electrons. The number of hydrogen-bond acceptors (Lipinski definition) is 3. The van der Waals surface area contributed by atoms with Crippen LogP contribution in [-0.4, -0.2) is 25.8 Å². The fraction of sp³-hybridized carbons (Fsp3) is 0.625. The fourth-order valence-corrected chi connectivity index (χ4v) is 4.96. The molecule has 2 N–H and O–H groups in total. The molecule has 0 saturated carbocycles. The molecule has 1 aromatic rings. The van der Waals surface area contributed by atoms with Crippen LogP contribution in [0.3, 0.4) is 0 Å². The van der Waals surface area contributed by atoms with E-state index in [-0.39, 0.29) is 0 Å². The van der Waals surface area contributed by atoms with Crippen LogP contribution in [0.5, 0.6) is 0 Å². The zero-order valence-electron chi connectivity index (χ0n) is 13.2. The normalized spacial score (nSPS) is 20.1. The molecule has 1 aromatic carbocycles. The van der Waals surface area contributed by atoms with E-state index in [0.29, 0.717) is 30.4 Å². The molecule has 0 amide bonds. The van der Waals surface area contributed by atoms with E-state index in [0.717, 1.165) is 36.0 Å². The molecular weight excluding hydrogens is 284 g/mol. The molecule has 0 bridgehead atoms. The predicted octanol–water partition coefficient (Wildman–Crippen LogP) is 2.57. The van der Waals surface area contributed by atoms with Gasteiger partial charge in [-0.05, 0) is 55.4 Å². The van der Waals surface area contributed by atoms with Crippen molar-refractivity contribution in [1.29, 1.82) is 0 Å². The second kappa shape index (κ2) is 6.46. The second-order valence-corrected chi connectivity index (χ2v) is 7.96. The quantitative estimate of drug-likeness (QED) is 0.909. The van der Waals surface area contributed by atoms with Gasteiger partial charge < -0.3 is 5.73 Å². The molecule has 4 nitrogen and oxygen atoms in total. The predicted molar refractivity (Wildman–Crippen MR) is 85.6 cm³/mol. The van der Waals surface area contributed by atoms with Gasteiger partial charge in [0, 0.05) is 19.6 Å². The van der Waals surface area contributed by atoms with Gasteiger partial charge in [-0.2, -0.15) is 4.31 Å². The third-order valence-corrected chi connectivity index (χ3v) is 6.42. The Labute approximate surface area is 128 Å². The molecule has 21 heavy (non-hydrogen) atoms. The lowest BCUT2D eigenvalue weighted by Gasteiger charge is -2.19. The highest BCUT2D eigenvalue weighted by atomic mass is 32.2. The summed E-state index contributed by atoms with van der Waals surface area (Å²) in [6.07, 6.45) is 3.19. The summed E-state index contributed by atoms with van der Waals surface area (Å²) in [5.41, 5.74) is 8.49. The third kappa shape index (κ3) is 3.30. The van der Waals surface area contributed by atoms with Crippen LogP contribution in [0.4, 0.5) is 0 Å². The Bertz CT molecular complexity index is 611. The zero-order chi connectivity index (χ0) is 15.6. The number of nitrogens with two attached hydrogens (primary N) is 1. The Morgan fingerprint density at radius 1 is 1.29 bits per heavy atom. The maximum atomic E-state index is 12.9. The van der Waals surface area contributed by atoms with Gasteiger partial charge in [0.2, 0.25) is 10.0 Å². The molecule has 1 atom stereocenters. The molecule has 1 heterocycles. The lowest BCUT2D eigenvalue weighted by molar-refractivity contribution is 0.444. The van der Waals surface area contributed by atoms with Crippen LogP contribution in [0.15, 0.2) is 17.0 Å². The molecule has 1 aliphatic rings. The summed E-state index contributed by atoms with van der Waals surface area (Å²) in [4.78, 5) is 0.422. The van der Waals surface area contributed by atoms with Crippen molar-refractivity contribution in [2.45, 2.75) is 51.5 Å². The van der Waals surface area contributed by atoms with Gasteiger partial charge in [-0.15, -0.1) is 0 Å². The summed E-state index contributed by atoms with van der Waals surface area (Å²) < 4.78 is 27.4. The van der Waals surface area contributed by atoms with Crippen molar-refractivity contribution in [3.05, 3.63) is 28.8 Å². The number of sulfonamides is 1. The maximum Gasteiger partial charge on any atom is 0.243 e. The van der Waals surface area contributed by atoms with Crippen molar-refractivity contribution in [2.24, 2.45) is 11.7 Å². The molecule has 1 fully saturated rings. The van der Waals surface area contributed by atoms with Crippen molar-refractivity contribution >= 4 is 10.0 Å². The third-order valence-electron chi connectivity index (χ3n) is 4.42. The summed E-state index contributed by atoms with van der Waals surface area (Å²) in [7, 11) is -3.39. The van der Waals surface area contributed by atoms with E-state index in [2.05, 4.69) is 6.92 Å². The van der Waals surface area contributed by atoms with Crippen molar-refractivity contribution in [1.82, 2.24) is 4.31 Å². The molecule has 0 aromatic heterocycles. The molecule has 1 unspecified atom stereocenters. The van der Waals surface area contributed by atoms with Crippen LogP contribution in [0, 0.1) is 19.8 Å². The Morgan fingerprint density at radius 3 is 2.62 bits per heavy atom. The minimum atomic E-state index is -3.39. The summed E-state index contributed by atoms with van der Waals surface area (Å²) in [6.45, 7) is 7.64. The van der Waals surface area contributed by atoms with E-state index < -0.39 is 10.0 Å². The second-order valence-electron chi connectivity index (χ2n) is 6.05. The Morgan fingerprint density at radius 2 is 2.00 bits per heavy atom. The molecular formula is C16H26N2O2S. The maximum absolute atomic E-state index is 12.9. The average Bonchev–Trinajstić information content (AvgIpc) is 2.88. The van der Waals surface area contributed by atoms with Gasteiger partial charge in [-0.25, -0.2) is 8.42 Å². The molecule has 0 aliphatic carbocycles. The first-order chi connectivity index (χ1) is 9.90. The van der Waals surface area contributed by atoms with E-state index >= 15 is 0 Å². The van der Waals surface area contributed by atoms with Crippen LogP contribution in [0.2, 0.25) is 0 Å². The summed E-state index contributed by atoms with van der Waals surface area (Å²) >= 11 is 0. The number of hydrogen-bond donors (Lipinski definition) is 1. The Hall–Kier alpha value is -0.910. The monoisotopic (exact) mass is 310 g/mol. The van der Waals surface area contributed by atoms with Crippen molar-refractivity contribution < 1.29 is 8.42 Å². The van der Waals surface area contributed by atoms with Crippen LogP contribution >= 0.6 is 0 Å². The molecule has 1 saturated heterocycles. The summed E-state index contributed by atoms with van der Waals surface area (Å²) in [5.74, 6) is 0.504. The minimum Gasteiger partial charge on any atom is -0.326 e. The molecule has 1 aliphatic heterocycles. The van der Waals surface area contributed by atoms with E-state index in [1.807, 2.05) is 19.9 Å². The lowest BCUT2D eigenvalue weighted by Crippen LogP contribution is -2.29. The lowest BCUT2D eigenvalue weighted by atomic mass is 10.0. The number of benzene rings is 1. The first-order valence-corrected chi connectivity index (χ1v) is 9.14. The van der Waals surface area contributed by atoms with E-state index in [1.165, 1.54) is 0 Å². The zero-order valence-corrected chi connectivity index (χ0v) is 14.0. The van der Waals surface area contributed by atoms with Crippen molar-refractivity contribution in [3.63, 3.8) is 0 Å². The fourth-order valence-electron chi connectivity index (χ4n) is 3.17. The van der Waals surface area contributed by atoms with E-state index in [9.17, 15) is 8.42 Å². The Kier molecular flexibility index (Phi) is 5.07. The van der Waals surface area contributed by atoms with Crippen LogP contribution < -0.4 is 5.73 Å². The summed E-state index contributed by atoms with van der Waals surface area (Å²) in [5, 5.41) is 0. The average molecular weight is 310 g/mol. The molecule has 0 radical (unpaired) electrons. The first kappa shape index (κ1) is 16.5. The number of nitrogens with zero attached hydrogens (tertiary/aromatic N) is 1. The smallest absolute Gasteiger partial charge is 0.243 e. The summed E-state index contributed by atoms with van der Waals surface area (Å²) in [6, 6.07) is 3.68. The van der Waals surface area contributed by atoms with Gasteiger partial charge in [0.1, 0.15) is 0 Å². The van der Waals surface area contributed by atoms with Crippen LogP contribution in [0.25, 0.3) is 0 Å². The molecule has 5 heteroatoms. The highest BCUT2D eigenvalue weighted by molar-refractivity contribution is 7.89. The topological polar surface area (TPSA) is 63.4 Å². The van der Waals surface area contributed by atoms with Crippen molar-refractivity contribution in [2.75, 3.05) is 13.1 Å². The standard InChI is InChI=1S/C16H26N2O2S/c1-4-5-14-6-7-18(11-14)21(19,20)16-9-15(10-17)12(2)8-13(16)3/h8-9,14H,4-7,10-11,17H2,1-3H3.